The number of alkyl halides is 3. The summed E-state index contributed by atoms with van der Waals surface area (Å²) in [5.41, 5.74) is 0.939. The van der Waals surface area contributed by atoms with Gasteiger partial charge in [0.2, 0.25) is 11.1 Å². The molecule has 136 valence electrons. The van der Waals surface area contributed by atoms with E-state index in [9.17, 15) is 18.0 Å². The number of rotatable bonds is 7. The van der Waals surface area contributed by atoms with E-state index in [1.54, 1.807) is 7.11 Å². The average molecular weight is 375 g/mol. The molecule has 0 bridgehead atoms. The highest BCUT2D eigenvalue weighted by Crippen LogP contribution is 2.28. The summed E-state index contributed by atoms with van der Waals surface area (Å²) < 4.78 is 43.2. The highest BCUT2D eigenvalue weighted by molar-refractivity contribution is 7.99. The number of nitrogens with two attached hydrogens (primary N) is 1. The van der Waals surface area contributed by atoms with Crippen molar-refractivity contribution in [2.24, 2.45) is 0 Å². The number of nitrogen functional groups attached to an aromatic ring is 1. The van der Waals surface area contributed by atoms with Gasteiger partial charge in [-0.1, -0.05) is 30.0 Å². The molecular weight excluding hydrogens is 359 g/mol. The molecule has 0 radical (unpaired) electrons. The van der Waals surface area contributed by atoms with Crippen LogP contribution in [0.1, 0.15) is 11.4 Å². The van der Waals surface area contributed by atoms with Gasteiger partial charge in [-0.3, -0.25) is 4.79 Å². The number of hydrogen-bond donors (Lipinski definition) is 2. The van der Waals surface area contributed by atoms with Gasteiger partial charge in [0.05, 0.1) is 12.9 Å². The van der Waals surface area contributed by atoms with Crippen LogP contribution in [-0.4, -0.2) is 40.2 Å². The molecular formula is C14H16F3N5O2S. The first-order valence-corrected chi connectivity index (χ1v) is 8.10. The molecule has 11 heteroatoms. The van der Waals surface area contributed by atoms with Gasteiger partial charge >= 0.3 is 6.18 Å². The first-order chi connectivity index (χ1) is 11.8. The molecule has 7 nitrogen and oxygen atoms in total. The summed E-state index contributed by atoms with van der Waals surface area (Å²) in [6.45, 7) is 0.364. The second-order valence-electron chi connectivity index (χ2n) is 4.87. The lowest BCUT2D eigenvalue weighted by atomic mass is 10.1. The minimum absolute atomic E-state index is 0.126. The van der Waals surface area contributed by atoms with Crippen LogP contribution in [0.3, 0.4) is 0 Å². The number of aromatic nitrogens is 3. The molecule has 0 saturated carbocycles. The van der Waals surface area contributed by atoms with E-state index < -0.39 is 12.0 Å². The Morgan fingerprint density at radius 2 is 2.08 bits per heavy atom. The maximum absolute atomic E-state index is 12.5. The summed E-state index contributed by atoms with van der Waals surface area (Å²) in [4.78, 5) is 11.8. The average Bonchev–Trinajstić information content (AvgIpc) is 2.94. The van der Waals surface area contributed by atoms with Crippen molar-refractivity contribution in [3.05, 3.63) is 35.7 Å². The molecule has 2 rings (SSSR count). The number of carbonyl (C=O) groups is 1. The maximum atomic E-state index is 12.5. The Balaban J connectivity index is 1.81. The summed E-state index contributed by atoms with van der Waals surface area (Å²) in [5.74, 6) is 4.22. The zero-order valence-corrected chi connectivity index (χ0v) is 14.0. The monoisotopic (exact) mass is 375 g/mol. The highest BCUT2D eigenvalue weighted by atomic mass is 32.2. The van der Waals surface area contributed by atoms with Crippen LogP contribution in [-0.2, 0) is 17.4 Å². The number of methoxy groups -OCH3 is 1. The van der Waals surface area contributed by atoms with Gasteiger partial charge in [-0.25, -0.2) is 4.68 Å². The van der Waals surface area contributed by atoms with Crippen LogP contribution in [0.15, 0.2) is 29.4 Å². The lowest BCUT2D eigenvalue weighted by Crippen LogP contribution is -2.28. The van der Waals surface area contributed by atoms with E-state index in [2.05, 4.69) is 15.5 Å². The van der Waals surface area contributed by atoms with E-state index in [0.29, 0.717) is 17.6 Å². The van der Waals surface area contributed by atoms with Crippen molar-refractivity contribution in [1.82, 2.24) is 20.2 Å². The molecule has 25 heavy (non-hydrogen) atoms. The van der Waals surface area contributed by atoms with Crippen molar-refractivity contribution in [2.45, 2.75) is 17.8 Å². The summed E-state index contributed by atoms with van der Waals surface area (Å²) in [6.07, 6.45) is -4.14. The largest absolute Gasteiger partial charge is 0.496 e. The third kappa shape index (κ3) is 5.02. The summed E-state index contributed by atoms with van der Waals surface area (Å²) in [6, 6.07) is 7.41. The van der Waals surface area contributed by atoms with Crippen molar-refractivity contribution < 1.29 is 22.7 Å². The number of hydrogen-bond acceptors (Lipinski definition) is 6. The van der Waals surface area contributed by atoms with Crippen LogP contribution >= 0.6 is 11.8 Å². The van der Waals surface area contributed by atoms with E-state index in [0.717, 1.165) is 23.1 Å². The number of nitrogens with one attached hydrogen (secondary N) is 1. The van der Waals surface area contributed by atoms with Gasteiger partial charge in [0.25, 0.3) is 5.82 Å². The van der Waals surface area contributed by atoms with Gasteiger partial charge < -0.3 is 15.9 Å². The first kappa shape index (κ1) is 18.9. The summed E-state index contributed by atoms with van der Waals surface area (Å²) in [7, 11) is 1.56. The number of nitrogens with zero attached hydrogens (tertiary/aromatic N) is 3. The zero-order valence-electron chi connectivity index (χ0n) is 13.2. The lowest BCUT2D eigenvalue weighted by Gasteiger charge is -2.09. The molecule has 3 N–H and O–H groups in total. The minimum atomic E-state index is -4.70. The Morgan fingerprint density at radius 1 is 1.36 bits per heavy atom. The first-order valence-electron chi connectivity index (χ1n) is 7.12. The van der Waals surface area contributed by atoms with Crippen molar-refractivity contribution in [3.63, 3.8) is 0 Å². The topological polar surface area (TPSA) is 95.1 Å². The van der Waals surface area contributed by atoms with Gasteiger partial charge in [-0.15, -0.1) is 10.2 Å². The van der Waals surface area contributed by atoms with Gasteiger partial charge in [0.15, 0.2) is 0 Å². The number of halogens is 3. The third-order valence-corrected chi connectivity index (χ3v) is 4.10. The van der Waals surface area contributed by atoms with Gasteiger partial charge in [-0.05, 0) is 18.1 Å². The van der Waals surface area contributed by atoms with Gasteiger partial charge in [-0.2, -0.15) is 13.2 Å². The van der Waals surface area contributed by atoms with Crippen LogP contribution in [0.5, 0.6) is 5.75 Å². The number of carbonyl (C=O) groups excluding carboxylic acids is 1. The fourth-order valence-electron chi connectivity index (χ4n) is 2.00. The van der Waals surface area contributed by atoms with E-state index >= 15 is 0 Å². The molecule has 0 spiro atoms. The number of amides is 1. The highest BCUT2D eigenvalue weighted by Gasteiger charge is 2.38. The fraction of sp³-hybridized carbons (Fsp3) is 0.357. The third-order valence-electron chi connectivity index (χ3n) is 3.16. The molecule has 0 aliphatic carbocycles. The number of thioether (sulfide) groups is 1. The Morgan fingerprint density at radius 3 is 2.72 bits per heavy atom. The maximum Gasteiger partial charge on any atom is 0.453 e. The van der Waals surface area contributed by atoms with E-state index in [1.807, 2.05) is 24.3 Å². The Labute approximate surface area is 145 Å². The van der Waals surface area contributed by atoms with Crippen LogP contribution in [0.2, 0.25) is 0 Å². The molecule has 0 saturated heterocycles. The van der Waals surface area contributed by atoms with E-state index in [1.165, 1.54) is 0 Å². The molecule has 0 unspecified atom stereocenters. The Bertz CT molecular complexity index is 735. The second kappa shape index (κ2) is 8.10. The van der Waals surface area contributed by atoms with Crippen LogP contribution in [0, 0.1) is 0 Å². The Hall–Kier alpha value is -2.43. The SMILES string of the molecule is COc1ccccc1CCNC(=O)CSc1nnc(C(F)(F)F)n1N. The second-order valence-corrected chi connectivity index (χ2v) is 5.82. The number of ether oxygens (including phenoxy) is 1. The molecule has 1 aromatic heterocycles. The molecule has 1 amide bonds. The number of para-hydroxylation sites is 1. The molecule has 0 fully saturated rings. The molecule has 1 aromatic carbocycles. The summed E-state index contributed by atoms with van der Waals surface area (Å²) >= 11 is 0.774. The predicted octanol–water partition coefficient (Wildman–Crippen LogP) is 1.47. The van der Waals surface area contributed by atoms with E-state index in [4.69, 9.17) is 10.6 Å². The smallest absolute Gasteiger partial charge is 0.453 e. The molecule has 0 atom stereocenters. The fourth-order valence-corrected chi connectivity index (χ4v) is 2.68. The Kier molecular flexibility index (Phi) is 6.12. The van der Waals surface area contributed by atoms with Crippen molar-refractivity contribution in [2.75, 3.05) is 25.3 Å². The molecule has 1 heterocycles. The standard InChI is InChI=1S/C14H16F3N5O2S/c1-24-10-5-3-2-4-9(10)6-7-19-11(23)8-25-13-21-20-12(22(13)18)14(15,16)17/h2-5H,6-8,18H2,1H3,(H,19,23). The molecule has 2 aromatic rings. The van der Waals surface area contributed by atoms with E-state index in [-0.39, 0.29) is 16.8 Å². The van der Waals surface area contributed by atoms with Crippen molar-refractivity contribution >= 4 is 17.7 Å². The molecule has 0 aliphatic heterocycles. The van der Waals surface area contributed by atoms with Crippen molar-refractivity contribution in [1.29, 1.82) is 0 Å². The van der Waals surface area contributed by atoms with Crippen LogP contribution in [0.25, 0.3) is 0 Å². The lowest BCUT2D eigenvalue weighted by molar-refractivity contribution is -0.146. The molecule has 0 aliphatic rings. The zero-order chi connectivity index (χ0) is 18.4. The van der Waals surface area contributed by atoms with Gasteiger partial charge in [0.1, 0.15) is 5.75 Å². The predicted molar refractivity (Wildman–Crippen MR) is 85.6 cm³/mol. The van der Waals surface area contributed by atoms with Crippen LogP contribution in [0.4, 0.5) is 13.2 Å². The normalized spacial score (nSPS) is 11.4. The minimum Gasteiger partial charge on any atom is -0.496 e. The quantitative estimate of drug-likeness (QED) is 0.562. The summed E-state index contributed by atoms with van der Waals surface area (Å²) in [5, 5.41) is 8.81. The van der Waals surface area contributed by atoms with Crippen LogP contribution < -0.4 is 15.9 Å². The number of benzene rings is 1. The van der Waals surface area contributed by atoms with Gasteiger partial charge in [0, 0.05) is 6.54 Å². The van der Waals surface area contributed by atoms with Crippen molar-refractivity contribution in [3.8, 4) is 5.75 Å².